The monoisotopic (exact) mass is 287 g/mol. The van der Waals surface area contributed by atoms with Crippen molar-refractivity contribution in [1.82, 2.24) is 0 Å². The first kappa shape index (κ1) is 11.7. The van der Waals surface area contributed by atoms with Gasteiger partial charge in [0.15, 0.2) is 0 Å². The van der Waals surface area contributed by atoms with E-state index >= 15 is 0 Å². The molecule has 0 N–H and O–H groups in total. The highest BCUT2D eigenvalue weighted by molar-refractivity contribution is 9.10. The molecule has 0 saturated heterocycles. The van der Waals surface area contributed by atoms with E-state index in [1.807, 2.05) is 25.1 Å². The van der Waals surface area contributed by atoms with Gasteiger partial charge in [0.1, 0.15) is 11.5 Å². The van der Waals surface area contributed by atoms with E-state index in [1.54, 1.807) is 24.3 Å². The molecule has 0 bridgehead atoms. The van der Waals surface area contributed by atoms with Crippen molar-refractivity contribution in [1.29, 1.82) is 5.26 Å². The number of nitriles is 1. The van der Waals surface area contributed by atoms with Gasteiger partial charge in [-0.1, -0.05) is 6.07 Å². The number of rotatable bonds is 2. The van der Waals surface area contributed by atoms with Crippen molar-refractivity contribution in [2.45, 2.75) is 6.92 Å². The highest BCUT2D eigenvalue weighted by atomic mass is 79.9. The number of hydrogen-bond acceptors (Lipinski definition) is 2. The van der Waals surface area contributed by atoms with Crippen molar-refractivity contribution in [3.8, 4) is 17.6 Å². The number of halogens is 1. The average Bonchev–Trinajstić information content (AvgIpc) is 2.35. The maximum absolute atomic E-state index is 8.70. The second kappa shape index (κ2) is 5.03. The fourth-order valence-electron chi connectivity index (χ4n) is 1.41. The predicted octanol–water partition coefficient (Wildman–Crippen LogP) is 4.42. The standard InChI is InChI=1S/C14H10BrNO/c1-10-2-7-13(15)14(8-10)17-12-5-3-11(9-16)4-6-12/h2-8H,1H3. The van der Waals surface area contributed by atoms with Crippen molar-refractivity contribution in [3.05, 3.63) is 58.1 Å². The highest BCUT2D eigenvalue weighted by Crippen LogP contribution is 2.30. The Labute approximate surface area is 109 Å². The van der Waals surface area contributed by atoms with E-state index in [-0.39, 0.29) is 0 Å². The van der Waals surface area contributed by atoms with Crippen molar-refractivity contribution < 1.29 is 4.74 Å². The third-order valence-corrected chi connectivity index (χ3v) is 2.95. The quantitative estimate of drug-likeness (QED) is 0.819. The minimum absolute atomic E-state index is 0.626. The van der Waals surface area contributed by atoms with Crippen LogP contribution in [0.3, 0.4) is 0 Å². The second-order valence-corrected chi connectivity index (χ2v) is 4.53. The summed E-state index contributed by atoms with van der Waals surface area (Å²) in [5, 5.41) is 8.70. The van der Waals surface area contributed by atoms with Crippen LogP contribution in [-0.4, -0.2) is 0 Å². The molecule has 0 aliphatic rings. The Morgan fingerprint density at radius 1 is 1.12 bits per heavy atom. The SMILES string of the molecule is Cc1ccc(Br)c(Oc2ccc(C#N)cc2)c1. The molecular formula is C14H10BrNO. The lowest BCUT2D eigenvalue weighted by Crippen LogP contribution is -1.86. The third kappa shape index (κ3) is 2.86. The van der Waals surface area contributed by atoms with E-state index in [0.29, 0.717) is 5.56 Å². The summed E-state index contributed by atoms with van der Waals surface area (Å²) < 4.78 is 6.64. The van der Waals surface area contributed by atoms with E-state index in [9.17, 15) is 0 Å². The normalized spacial score (nSPS) is 9.71. The third-order valence-electron chi connectivity index (χ3n) is 2.30. The van der Waals surface area contributed by atoms with E-state index in [1.165, 1.54) is 0 Å². The Kier molecular flexibility index (Phi) is 3.46. The molecule has 0 fully saturated rings. The average molecular weight is 288 g/mol. The van der Waals surface area contributed by atoms with Gasteiger partial charge in [-0.3, -0.25) is 0 Å². The predicted molar refractivity (Wildman–Crippen MR) is 70.1 cm³/mol. The van der Waals surface area contributed by atoms with Crippen LogP contribution in [0.15, 0.2) is 46.9 Å². The van der Waals surface area contributed by atoms with Crippen LogP contribution in [0, 0.1) is 18.3 Å². The number of benzene rings is 2. The Morgan fingerprint density at radius 2 is 1.82 bits per heavy atom. The van der Waals surface area contributed by atoms with Gasteiger partial charge in [0.05, 0.1) is 16.1 Å². The zero-order chi connectivity index (χ0) is 12.3. The minimum atomic E-state index is 0.626. The van der Waals surface area contributed by atoms with Gasteiger partial charge in [0.2, 0.25) is 0 Å². The summed E-state index contributed by atoms with van der Waals surface area (Å²) in [5.74, 6) is 1.49. The highest BCUT2D eigenvalue weighted by Gasteiger charge is 2.03. The molecule has 0 unspecified atom stereocenters. The molecule has 0 aliphatic carbocycles. The summed E-state index contributed by atoms with van der Waals surface area (Å²) in [6, 6.07) is 15.0. The number of aryl methyl sites for hydroxylation is 1. The molecule has 2 aromatic rings. The van der Waals surface area contributed by atoms with Crippen molar-refractivity contribution in [2.24, 2.45) is 0 Å². The summed E-state index contributed by atoms with van der Waals surface area (Å²) >= 11 is 3.44. The molecule has 0 heterocycles. The van der Waals surface area contributed by atoms with E-state index in [4.69, 9.17) is 10.00 Å². The Morgan fingerprint density at radius 3 is 2.47 bits per heavy atom. The van der Waals surface area contributed by atoms with Crippen molar-refractivity contribution >= 4 is 15.9 Å². The fraction of sp³-hybridized carbons (Fsp3) is 0.0714. The molecule has 0 amide bonds. The van der Waals surface area contributed by atoms with Crippen molar-refractivity contribution in [3.63, 3.8) is 0 Å². The van der Waals surface area contributed by atoms with Crippen LogP contribution >= 0.6 is 15.9 Å². The van der Waals surface area contributed by atoms with Gasteiger partial charge >= 0.3 is 0 Å². The van der Waals surface area contributed by atoms with Gasteiger partial charge in [-0.15, -0.1) is 0 Å². The summed E-state index contributed by atoms with van der Waals surface area (Å²) in [5.41, 5.74) is 1.76. The van der Waals surface area contributed by atoms with Crippen LogP contribution in [0.1, 0.15) is 11.1 Å². The van der Waals surface area contributed by atoms with Crippen LogP contribution in [0.2, 0.25) is 0 Å². The first-order valence-electron chi connectivity index (χ1n) is 5.13. The Hall–Kier alpha value is -1.79. The first-order valence-corrected chi connectivity index (χ1v) is 5.92. The summed E-state index contributed by atoms with van der Waals surface area (Å²) in [6.45, 7) is 2.01. The fourth-order valence-corrected chi connectivity index (χ4v) is 1.74. The molecule has 0 aliphatic heterocycles. The topological polar surface area (TPSA) is 33.0 Å². The van der Waals surface area contributed by atoms with Gasteiger partial charge in [0, 0.05) is 0 Å². The first-order chi connectivity index (χ1) is 8.19. The van der Waals surface area contributed by atoms with Crippen LogP contribution in [0.25, 0.3) is 0 Å². The molecule has 0 radical (unpaired) electrons. The smallest absolute Gasteiger partial charge is 0.141 e. The molecule has 0 aromatic heterocycles. The van der Waals surface area contributed by atoms with Gasteiger partial charge in [0.25, 0.3) is 0 Å². The van der Waals surface area contributed by atoms with E-state index < -0.39 is 0 Å². The molecule has 17 heavy (non-hydrogen) atoms. The summed E-state index contributed by atoms with van der Waals surface area (Å²) in [4.78, 5) is 0. The van der Waals surface area contributed by atoms with Crippen LogP contribution < -0.4 is 4.74 Å². The maximum atomic E-state index is 8.70. The van der Waals surface area contributed by atoms with Gasteiger partial charge in [-0.25, -0.2) is 0 Å². The lowest BCUT2D eigenvalue weighted by Gasteiger charge is -2.08. The second-order valence-electron chi connectivity index (χ2n) is 3.67. The molecule has 3 heteroatoms. The lowest BCUT2D eigenvalue weighted by atomic mass is 10.2. The summed E-state index contributed by atoms with van der Waals surface area (Å²) in [6.07, 6.45) is 0. The molecule has 2 aromatic carbocycles. The van der Waals surface area contributed by atoms with Crippen molar-refractivity contribution in [2.75, 3.05) is 0 Å². The van der Waals surface area contributed by atoms with Gasteiger partial charge in [-0.05, 0) is 64.8 Å². The van der Waals surface area contributed by atoms with E-state index in [2.05, 4.69) is 22.0 Å². The van der Waals surface area contributed by atoms with Crippen LogP contribution in [0.5, 0.6) is 11.5 Å². The summed E-state index contributed by atoms with van der Waals surface area (Å²) in [7, 11) is 0. The molecule has 2 rings (SSSR count). The van der Waals surface area contributed by atoms with Crippen LogP contribution in [-0.2, 0) is 0 Å². The molecule has 0 atom stereocenters. The molecule has 84 valence electrons. The number of ether oxygens (including phenoxy) is 1. The van der Waals surface area contributed by atoms with E-state index in [0.717, 1.165) is 21.5 Å². The van der Waals surface area contributed by atoms with Crippen LogP contribution in [0.4, 0.5) is 0 Å². The zero-order valence-electron chi connectivity index (χ0n) is 9.27. The maximum Gasteiger partial charge on any atom is 0.141 e. The largest absolute Gasteiger partial charge is 0.456 e. The number of hydrogen-bond donors (Lipinski definition) is 0. The molecule has 0 saturated carbocycles. The lowest BCUT2D eigenvalue weighted by molar-refractivity contribution is 0.479. The molecular weight excluding hydrogens is 278 g/mol. The Bertz CT molecular complexity index is 570. The van der Waals surface area contributed by atoms with Gasteiger partial charge in [-0.2, -0.15) is 5.26 Å². The molecule has 2 nitrogen and oxygen atoms in total. The molecule has 0 spiro atoms. The Balaban J connectivity index is 2.25. The minimum Gasteiger partial charge on any atom is -0.456 e. The zero-order valence-corrected chi connectivity index (χ0v) is 10.9. The number of nitrogens with zero attached hydrogens (tertiary/aromatic N) is 1. The van der Waals surface area contributed by atoms with Gasteiger partial charge < -0.3 is 4.74 Å².